The average molecular weight is 588 g/mol. The predicted octanol–water partition coefficient (Wildman–Crippen LogP) is 5.19. The summed E-state index contributed by atoms with van der Waals surface area (Å²) in [6.07, 6.45) is 13.0. The molecule has 4 N–H and O–H groups in total. The van der Waals surface area contributed by atoms with Crippen molar-refractivity contribution in [3.05, 3.63) is 28.8 Å². The minimum atomic E-state index is -0.245. The van der Waals surface area contributed by atoms with Crippen molar-refractivity contribution in [2.75, 3.05) is 33.2 Å². The van der Waals surface area contributed by atoms with Gasteiger partial charge in [-0.25, -0.2) is 4.98 Å². The van der Waals surface area contributed by atoms with Crippen molar-refractivity contribution in [1.82, 2.24) is 20.5 Å². The Morgan fingerprint density at radius 3 is 2.37 bits per heavy atom. The lowest BCUT2D eigenvalue weighted by Crippen LogP contribution is -2.49. The molecule has 2 aliphatic rings. The summed E-state index contributed by atoms with van der Waals surface area (Å²) in [5.74, 6) is 1.04. The summed E-state index contributed by atoms with van der Waals surface area (Å²) >= 11 is 1.70. The van der Waals surface area contributed by atoms with Gasteiger partial charge in [-0.15, -0.1) is 11.3 Å². The van der Waals surface area contributed by atoms with E-state index in [-0.39, 0.29) is 17.9 Å². The molecule has 230 valence electrons. The summed E-state index contributed by atoms with van der Waals surface area (Å²) < 4.78 is 1.23. The quantitative estimate of drug-likeness (QED) is 0.312. The Morgan fingerprint density at radius 1 is 1.12 bits per heavy atom. The maximum atomic E-state index is 12.3. The van der Waals surface area contributed by atoms with Gasteiger partial charge in [0.05, 0.1) is 21.3 Å². The van der Waals surface area contributed by atoms with E-state index >= 15 is 0 Å². The van der Waals surface area contributed by atoms with Crippen molar-refractivity contribution in [3.8, 4) is 0 Å². The Morgan fingerprint density at radius 2 is 1.78 bits per heavy atom. The highest BCUT2D eigenvalue weighted by Crippen LogP contribution is 2.27. The molecule has 1 saturated carbocycles. The number of hydrogen-bond donors (Lipinski definition) is 3. The third-order valence-electron chi connectivity index (χ3n) is 7.84. The molecule has 2 aromatic rings. The Labute approximate surface area is 251 Å². The highest BCUT2D eigenvalue weighted by molar-refractivity contribution is 7.18. The molecular formula is C32H53N5O3S. The van der Waals surface area contributed by atoms with Gasteiger partial charge in [0.15, 0.2) is 0 Å². The number of piperidine rings is 1. The number of nitrogens with one attached hydrogen (secondary N) is 2. The van der Waals surface area contributed by atoms with E-state index in [4.69, 9.17) is 0 Å². The van der Waals surface area contributed by atoms with Crippen LogP contribution in [0.3, 0.4) is 0 Å². The third kappa shape index (κ3) is 13.0. The largest absolute Gasteiger partial charge is 0.370 e. The Kier molecular flexibility index (Phi) is 16.7. The van der Waals surface area contributed by atoms with Crippen LogP contribution in [0.4, 0.5) is 0 Å². The van der Waals surface area contributed by atoms with Crippen molar-refractivity contribution in [3.63, 3.8) is 0 Å². The Bertz CT molecular complexity index is 1050. The summed E-state index contributed by atoms with van der Waals surface area (Å²) in [6.45, 7) is 10.3. The van der Waals surface area contributed by atoms with Crippen LogP contribution in [0.25, 0.3) is 10.2 Å². The number of aryl methyl sites for hydroxylation is 1. The number of carbonyl (C=O) groups excluding carboxylic acids is 3. The monoisotopic (exact) mass is 587 g/mol. The number of aromatic nitrogens is 1. The molecular weight excluding hydrogens is 534 g/mol. The number of fused-ring (bicyclic) bond motifs is 1. The second kappa shape index (κ2) is 19.7. The summed E-state index contributed by atoms with van der Waals surface area (Å²) in [5.41, 5.74) is 7.05. The smallest absolute Gasteiger partial charge is 0.237 e. The minimum Gasteiger partial charge on any atom is -0.370 e. The number of benzene rings is 1. The molecule has 41 heavy (non-hydrogen) atoms. The van der Waals surface area contributed by atoms with E-state index in [1.807, 2.05) is 7.05 Å². The first-order valence-electron chi connectivity index (χ1n) is 15.6. The summed E-state index contributed by atoms with van der Waals surface area (Å²) in [5, 5.41) is 7.43. The molecule has 9 heteroatoms. The normalized spacial score (nSPS) is 16.7. The molecule has 0 spiro atoms. The number of aldehydes is 1. The molecule has 1 saturated heterocycles. The zero-order chi connectivity index (χ0) is 30.0. The number of likely N-dealkylation sites (tertiary alicyclic amines) is 1. The lowest BCUT2D eigenvalue weighted by Gasteiger charge is -2.30. The fourth-order valence-electron chi connectivity index (χ4n) is 5.32. The maximum absolute atomic E-state index is 12.3. The van der Waals surface area contributed by atoms with Gasteiger partial charge < -0.3 is 26.1 Å². The number of rotatable bonds is 11. The van der Waals surface area contributed by atoms with E-state index in [1.54, 1.807) is 18.3 Å². The van der Waals surface area contributed by atoms with Crippen molar-refractivity contribution >= 4 is 39.7 Å². The van der Waals surface area contributed by atoms with Crippen molar-refractivity contribution in [2.24, 2.45) is 11.7 Å². The van der Waals surface area contributed by atoms with Crippen LogP contribution in [0.1, 0.15) is 101 Å². The van der Waals surface area contributed by atoms with Crippen LogP contribution in [0.15, 0.2) is 18.2 Å². The molecule has 0 radical (unpaired) electrons. The highest BCUT2D eigenvalue weighted by Gasteiger charge is 2.27. The van der Waals surface area contributed by atoms with Crippen LogP contribution in [0.2, 0.25) is 0 Å². The van der Waals surface area contributed by atoms with Crippen LogP contribution < -0.4 is 16.4 Å². The molecule has 4 rings (SSSR count). The first-order chi connectivity index (χ1) is 19.8. The van der Waals surface area contributed by atoms with Crippen LogP contribution in [0.5, 0.6) is 0 Å². The fourth-order valence-corrected chi connectivity index (χ4v) is 6.35. The van der Waals surface area contributed by atoms with Gasteiger partial charge in [-0.2, -0.15) is 0 Å². The fraction of sp³-hybridized carbons (Fsp3) is 0.688. The molecule has 1 unspecified atom stereocenters. The standard InChI is InChI=1S/C16H31N3O.C13H15NOS.C3H7NO/c1-17-15(14-8-4-2-5-9-14)16(20)18-10-13-19-11-6-3-7-12-19;1-9(2)10-5-6-11-12(8-10)16-13(14-11)4-3-7-15;1-2-3(4)5/h14-15,17H,2-13H2,1H3,(H,18,20);5-9H,3-4H2,1-2H3;2H2,1H3,(H2,4,5). The zero-order valence-electron chi connectivity index (χ0n) is 25.8. The number of carbonyl (C=O) groups is 3. The number of nitrogens with zero attached hydrogens (tertiary/aromatic N) is 2. The minimum absolute atomic E-state index is 0.0108. The van der Waals surface area contributed by atoms with E-state index in [2.05, 4.69) is 58.3 Å². The molecule has 1 aliphatic carbocycles. The molecule has 0 bridgehead atoms. The van der Waals surface area contributed by atoms with Crippen molar-refractivity contribution in [2.45, 2.75) is 103 Å². The van der Waals surface area contributed by atoms with Crippen molar-refractivity contribution < 1.29 is 14.4 Å². The van der Waals surface area contributed by atoms with Crippen LogP contribution in [-0.2, 0) is 20.8 Å². The van der Waals surface area contributed by atoms with E-state index in [1.165, 1.54) is 74.7 Å². The molecule has 2 heterocycles. The van der Waals surface area contributed by atoms with E-state index < -0.39 is 0 Å². The number of likely N-dealkylation sites (N-methyl/N-ethyl adjacent to an activating group) is 1. The van der Waals surface area contributed by atoms with Gasteiger partial charge >= 0.3 is 0 Å². The topological polar surface area (TPSA) is 117 Å². The average Bonchev–Trinajstić information content (AvgIpc) is 3.40. The van der Waals surface area contributed by atoms with Gasteiger partial charge in [0.1, 0.15) is 6.29 Å². The van der Waals surface area contributed by atoms with E-state index in [0.29, 0.717) is 24.7 Å². The van der Waals surface area contributed by atoms with Gasteiger partial charge in [-0.3, -0.25) is 9.59 Å². The molecule has 1 aromatic carbocycles. The molecule has 1 atom stereocenters. The van der Waals surface area contributed by atoms with Gasteiger partial charge in [0.25, 0.3) is 0 Å². The predicted molar refractivity (Wildman–Crippen MR) is 170 cm³/mol. The van der Waals surface area contributed by atoms with Crippen LogP contribution in [0, 0.1) is 5.92 Å². The number of hydrogen-bond acceptors (Lipinski definition) is 7. The zero-order valence-corrected chi connectivity index (χ0v) is 26.6. The SMILES string of the molecule is CC(C)c1ccc2nc(CCC=O)sc2c1.CCC(N)=O.CNC(C(=O)NCCN1CCCCC1)C1CCCCC1. The summed E-state index contributed by atoms with van der Waals surface area (Å²) in [6, 6.07) is 6.43. The number of amides is 2. The van der Waals surface area contributed by atoms with Gasteiger partial charge in [-0.1, -0.05) is 52.5 Å². The first kappa shape index (κ1) is 34.8. The van der Waals surface area contributed by atoms with Crippen LogP contribution >= 0.6 is 11.3 Å². The number of nitrogens with two attached hydrogens (primary N) is 1. The highest BCUT2D eigenvalue weighted by atomic mass is 32.1. The molecule has 2 amide bonds. The second-order valence-corrected chi connectivity index (χ2v) is 12.5. The summed E-state index contributed by atoms with van der Waals surface area (Å²) in [4.78, 5) is 39.2. The molecule has 8 nitrogen and oxygen atoms in total. The van der Waals surface area contributed by atoms with Crippen LogP contribution in [-0.4, -0.2) is 67.3 Å². The van der Waals surface area contributed by atoms with E-state index in [0.717, 1.165) is 36.3 Å². The van der Waals surface area contributed by atoms with Gasteiger partial charge in [-0.05, 0) is 75.4 Å². The van der Waals surface area contributed by atoms with Gasteiger partial charge in [0, 0.05) is 32.4 Å². The Hall–Kier alpha value is -2.36. The third-order valence-corrected chi connectivity index (χ3v) is 8.92. The number of primary amides is 1. The summed E-state index contributed by atoms with van der Waals surface area (Å²) in [7, 11) is 1.92. The lowest BCUT2D eigenvalue weighted by molar-refractivity contribution is -0.124. The number of thiazole rings is 1. The lowest BCUT2D eigenvalue weighted by atomic mass is 9.83. The Balaban J connectivity index is 0.000000251. The molecule has 1 aliphatic heterocycles. The first-order valence-corrected chi connectivity index (χ1v) is 16.4. The molecule has 1 aromatic heterocycles. The van der Waals surface area contributed by atoms with Gasteiger partial charge in [0.2, 0.25) is 11.8 Å². The van der Waals surface area contributed by atoms with E-state index in [9.17, 15) is 14.4 Å². The maximum Gasteiger partial charge on any atom is 0.237 e. The second-order valence-electron chi connectivity index (χ2n) is 11.4. The van der Waals surface area contributed by atoms with Crippen molar-refractivity contribution in [1.29, 1.82) is 0 Å². The molecule has 2 fully saturated rings.